The largest absolute Gasteiger partial charge is 0.416 e. The zero-order valence-electron chi connectivity index (χ0n) is 14.8. The third-order valence-electron chi connectivity index (χ3n) is 3.96. The topological polar surface area (TPSA) is 76.9 Å². The Kier molecular flexibility index (Phi) is 5.52. The van der Waals surface area contributed by atoms with Crippen molar-refractivity contribution in [3.8, 4) is 11.3 Å². The molecular formula is C18H17F3N4O2S. The molecule has 0 fully saturated rings. The van der Waals surface area contributed by atoms with E-state index < -0.39 is 27.5 Å². The summed E-state index contributed by atoms with van der Waals surface area (Å²) in [6.07, 6.45) is 0.427. The number of benzene rings is 1. The predicted molar refractivity (Wildman–Crippen MR) is 97.3 cm³/mol. The SMILES string of the molecule is Cn1cc(-c2ncccc2CNS(=O)(=O)Cc2cccc(C(F)(F)F)c2)cn1. The minimum atomic E-state index is -4.53. The molecule has 0 saturated carbocycles. The summed E-state index contributed by atoms with van der Waals surface area (Å²) in [5.74, 6) is -0.556. The van der Waals surface area contributed by atoms with Crippen molar-refractivity contribution in [3.63, 3.8) is 0 Å². The fraction of sp³-hybridized carbons (Fsp3) is 0.222. The first-order valence-corrected chi connectivity index (χ1v) is 9.86. The quantitative estimate of drug-likeness (QED) is 0.678. The van der Waals surface area contributed by atoms with E-state index in [4.69, 9.17) is 0 Å². The standard InChI is InChI=1S/C18H17F3N4O2S/c1-25-11-15(9-23-25)17-14(5-3-7-22-17)10-24-28(26,27)12-13-4-2-6-16(8-13)18(19,20)21/h2-9,11,24H,10,12H2,1H3. The van der Waals surface area contributed by atoms with Crippen molar-refractivity contribution >= 4 is 10.0 Å². The van der Waals surface area contributed by atoms with Crippen molar-refractivity contribution in [1.82, 2.24) is 19.5 Å². The van der Waals surface area contributed by atoms with E-state index in [-0.39, 0.29) is 12.1 Å². The van der Waals surface area contributed by atoms with Gasteiger partial charge in [0.15, 0.2) is 0 Å². The number of nitrogens with one attached hydrogen (secondary N) is 1. The molecule has 2 aromatic heterocycles. The van der Waals surface area contributed by atoms with Crippen molar-refractivity contribution in [2.45, 2.75) is 18.5 Å². The van der Waals surface area contributed by atoms with E-state index in [1.807, 2.05) is 0 Å². The molecule has 0 amide bonds. The van der Waals surface area contributed by atoms with Crippen LogP contribution in [0, 0.1) is 0 Å². The summed E-state index contributed by atoms with van der Waals surface area (Å²) in [7, 11) is -2.10. The van der Waals surface area contributed by atoms with Gasteiger partial charge in [0, 0.05) is 31.5 Å². The zero-order chi connectivity index (χ0) is 20.4. The molecule has 0 aliphatic carbocycles. The third-order valence-corrected chi connectivity index (χ3v) is 5.26. The minimum Gasteiger partial charge on any atom is -0.275 e. The van der Waals surface area contributed by atoms with Gasteiger partial charge in [-0.2, -0.15) is 18.3 Å². The Morgan fingerprint density at radius 3 is 2.64 bits per heavy atom. The maximum absolute atomic E-state index is 12.8. The number of hydrogen-bond donors (Lipinski definition) is 1. The van der Waals surface area contributed by atoms with Crippen LogP contribution in [0.4, 0.5) is 13.2 Å². The molecular weight excluding hydrogens is 393 g/mol. The lowest BCUT2D eigenvalue weighted by Gasteiger charge is -2.11. The zero-order valence-corrected chi connectivity index (χ0v) is 15.6. The number of nitrogens with zero attached hydrogens (tertiary/aromatic N) is 3. The van der Waals surface area contributed by atoms with Crippen molar-refractivity contribution in [3.05, 3.63) is 71.7 Å². The first kappa shape index (κ1) is 20.0. The lowest BCUT2D eigenvalue weighted by Crippen LogP contribution is -2.25. The van der Waals surface area contributed by atoms with Gasteiger partial charge >= 0.3 is 6.18 Å². The number of aryl methyl sites for hydroxylation is 1. The van der Waals surface area contributed by atoms with Gasteiger partial charge in [0.2, 0.25) is 10.0 Å². The lowest BCUT2D eigenvalue weighted by molar-refractivity contribution is -0.137. The van der Waals surface area contributed by atoms with Crippen LogP contribution >= 0.6 is 0 Å². The summed E-state index contributed by atoms with van der Waals surface area (Å²) in [6, 6.07) is 7.68. The molecule has 0 unspecified atom stereocenters. The van der Waals surface area contributed by atoms with Crippen LogP contribution < -0.4 is 4.72 Å². The summed E-state index contributed by atoms with van der Waals surface area (Å²) < 4.78 is 67.1. The number of aromatic nitrogens is 3. The van der Waals surface area contributed by atoms with Crippen LogP contribution in [0.1, 0.15) is 16.7 Å². The molecule has 0 atom stereocenters. The summed E-state index contributed by atoms with van der Waals surface area (Å²) in [5.41, 5.74) is 1.11. The van der Waals surface area contributed by atoms with Crippen LogP contribution in [-0.4, -0.2) is 23.2 Å². The molecule has 1 aromatic carbocycles. The Morgan fingerprint density at radius 1 is 1.18 bits per heavy atom. The molecule has 0 saturated heterocycles. The second kappa shape index (κ2) is 7.72. The Balaban J connectivity index is 1.75. The lowest BCUT2D eigenvalue weighted by atomic mass is 10.1. The van der Waals surface area contributed by atoms with E-state index in [9.17, 15) is 21.6 Å². The average Bonchev–Trinajstić information content (AvgIpc) is 3.06. The van der Waals surface area contributed by atoms with Gasteiger partial charge in [-0.3, -0.25) is 9.67 Å². The van der Waals surface area contributed by atoms with E-state index in [1.165, 1.54) is 12.1 Å². The van der Waals surface area contributed by atoms with Gasteiger partial charge in [0.05, 0.1) is 23.2 Å². The van der Waals surface area contributed by atoms with Crippen LogP contribution in [0.15, 0.2) is 55.0 Å². The second-order valence-corrected chi connectivity index (χ2v) is 8.00. The Labute approximate surface area is 160 Å². The minimum absolute atomic E-state index is 0.0423. The average molecular weight is 410 g/mol. The number of sulfonamides is 1. The predicted octanol–water partition coefficient (Wildman–Crippen LogP) is 3.12. The number of rotatable bonds is 6. The molecule has 10 heteroatoms. The molecule has 6 nitrogen and oxygen atoms in total. The highest BCUT2D eigenvalue weighted by Gasteiger charge is 2.30. The highest BCUT2D eigenvalue weighted by molar-refractivity contribution is 7.88. The van der Waals surface area contributed by atoms with E-state index in [1.54, 1.807) is 42.5 Å². The number of alkyl halides is 3. The van der Waals surface area contributed by atoms with E-state index in [0.717, 1.165) is 17.7 Å². The Bertz CT molecular complexity index is 1080. The molecule has 148 valence electrons. The molecule has 0 bridgehead atoms. The van der Waals surface area contributed by atoms with Crippen LogP contribution in [0.5, 0.6) is 0 Å². The smallest absolute Gasteiger partial charge is 0.275 e. The number of pyridine rings is 1. The highest BCUT2D eigenvalue weighted by Crippen LogP contribution is 2.29. The summed E-state index contributed by atoms with van der Waals surface area (Å²) in [5, 5.41) is 4.07. The monoisotopic (exact) mass is 410 g/mol. The Morgan fingerprint density at radius 2 is 1.96 bits per heavy atom. The first-order valence-electron chi connectivity index (χ1n) is 8.20. The second-order valence-electron chi connectivity index (χ2n) is 6.19. The van der Waals surface area contributed by atoms with E-state index >= 15 is 0 Å². The van der Waals surface area contributed by atoms with E-state index in [0.29, 0.717) is 11.3 Å². The summed E-state index contributed by atoms with van der Waals surface area (Å²) in [4.78, 5) is 4.27. The number of hydrogen-bond acceptors (Lipinski definition) is 4. The first-order chi connectivity index (χ1) is 13.1. The maximum atomic E-state index is 12.8. The van der Waals surface area contributed by atoms with Crippen LogP contribution in [-0.2, 0) is 35.5 Å². The highest BCUT2D eigenvalue weighted by atomic mass is 32.2. The van der Waals surface area contributed by atoms with Gasteiger partial charge in [-0.15, -0.1) is 0 Å². The van der Waals surface area contributed by atoms with Gasteiger partial charge < -0.3 is 0 Å². The third kappa shape index (κ3) is 4.96. The fourth-order valence-electron chi connectivity index (χ4n) is 2.68. The van der Waals surface area contributed by atoms with Gasteiger partial charge in [-0.25, -0.2) is 13.1 Å². The normalized spacial score (nSPS) is 12.3. The molecule has 28 heavy (non-hydrogen) atoms. The maximum Gasteiger partial charge on any atom is 0.416 e. The molecule has 0 aliphatic heterocycles. The van der Waals surface area contributed by atoms with Crippen molar-refractivity contribution in [2.24, 2.45) is 7.05 Å². The van der Waals surface area contributed by atoms with Gasteiger partial charge in [0.1, 0.15) is 0 Å². The van der Waals surface area contributed by atoms with E-state index in [2.05, 4.69) is 14.8 Å². The van der Waals surface area contributed by atoms with Crippen molar-refractivity contribution < 1.29 is 21.6 Å². The molecule has 0 radical (unpaired) electrons. The van der Waals surface area contributed by atoms with Gasteiger partial charge in [0.25, 0.3) is 0 Å². The van der Waals surface area contributed by atoms with Crippen molar-refractivity contribution in [2.75, 3.05) is 0 Å². The van der Waals surface area contributed by atoms with Crippen LogP contribution in [0.25, 0.3) is 11.3 Å². The van der Waals surface area contributed by atoms with Gasteiger partial charge in [-0.1, -0.05) is 24.3 Å². The molecule has 0 aliphatic rings. The van der Waals surface area contributed by atoms with Gasteiger partial charge in [-0.05, 0) is 23.3 Å². The molecule has 3 rings (SSSR count). The summed E-state index contributed by atoms with van der Waals surface area (Å²) in [6.45, 7) is -0.0423. The fourth-order valence-corrected chi connectivity index (χ4v) is 3.78. The number of halogens is 3. The summed E-state index contributed by atoms with van der Waals surface area (Å²) >= 11 is 0. The van der Waals surface area contributed by atoms with Crippen LogP contribution in [0.2, 0.25) is 0 Å². The molecule has 2 heterocycles. The molecule has 3 aromatic rings. The van der Waals surface area contributed by atoms with Crippen LogP contribution in [0.3, 0.4) is 0 Å². The molecule has 1 N–H and O–H groups in total. The molecule has 0 spiro atoms. The van der Waals surface area contributed by atoms with Crippen molar-refractivity contribution in [1.29, 1.82) is 0 Å². The Hall–Kier alpha value is -2.72.